The van der Waals surface area contributed by atoms with E-state index >= 15 is 0 Å². The number of fused-ring (bicyclic) bond motifs is 2. The van der Waals surface area contributed by atoms with Gasteiger partial charge in [0.15, 0.2) is 10.5 Å². The van der Waals surface area contributed by atoms with Gasteiger partial charge in [-0.3, -0.25) is 9.36 Å². The molecule has 0 radical (unpaired) electrons. The Balaban J connectivity index is 1.52. The maximum Gasteiger partial charge on any atom is 0.434 e. The van der Waals surface area contributed by atoms with Crippen LogP contribution in [0.1, 0.15) is 35.2 Å². The molecular weight excluding hydrogens is 723 g/mol. The summed E-state index contributed by atoms with van der Waals surface area (Å²) in [6.07, 6.45) is -3.52. The van der Waals surface area contributed by atoms with Gasteiger partial charge in [0.05, 0.1) is 39.9 Å². The van der Waals surface area contributed by atoms with Gasteiger partial charge in [0.2, 0.25) is 0 Å². The number of aromatic nitrogens is 1. The van der Waals surface area contributed by atoms with E-state index in [9.17, 15) is 28.0 Å². The van der Waals surface area contributed by atoms with Gasteiger partial charge in [-0.05, 0) is 69.5 Å². The first-order valence-electron chi connectivity index (χ1n) is 14.8. The number of esters is 1. The number of carbonyl (C=O) groups is 1. The summed E-state index contributed by atoms with van der Waals surface area (Å²) in [4.78, 5) is 31.2. The summed E-state index contributed by atoms with van der Waals surface area (Å²) in [6.45, 7) is 1.42. The number of halogens is 4. The van der Waals surface area contributed by atoms with Crippen molar-refractivity contribution in [2.45, 2.75) is 25.7 Å². The number of hydrogen-bond acceptors (Lipinski definition) is 8. The molecule has 1 aromatic heterocycles. The van der Waals surface area contributed by atoms with Crippen molar-refractivity contribution in [3.05, 3.63) is 137 Å². The number of hydrogen-bond donors (Lipinski definition) is 0. The van der Waals surface area contributed by atoms with Crippen LogP contribution in [0, 0.1) is 11.3 Å². The Hall–Kier alpha value is -5.19. The number of ether oxygens (including phenoxy) is 3. The highest BCUT2D eigenvalue weighted by atomic mass is 79.9. The van der Waals surface area contributed by atoms with Gasteiger partial charge in [-0.25, -0.2) is 9.79 Å². The number of thiazole rings is 1. The second-order valence-electron chi connectivity index (χ2n) is 10.7. The Morgan fingerprint density at radius 3 is 2.53 bits per heavy atom. The normalized spacial score (nSPS) is 14.6. The van der Waals surface area contributed by atoms with Gasteiger partial charge in [-0.15, -0.1) is 0 Å². The average molecular weight is 749 g/mol. The Bertz CT molecular complexity index is 2380. The van der Waals surface area contributed by atoms with Gasteiger partial charge in [0.1, 0.15) is 24.1 Å². The molecular formula is C36H25BrF3N3O5S. The summed E-state index contributed by atoms with van der Waals surface area (Å²) in [6, 6.07) is 22.9. The lowest BCUT2D eigenvalue weighted by Gasteiger charge is -2.28. The van der Waals surface area contributed by atoms with Crippen LogP contribution in [0.15, 0.2) is 104 Å². The van der Waals surface area contributed by atoms with Crippen LogP contribution in [0.25, 0.3) is 16.8 Å². The van der Waals surface area contributed by atoms with E-state index in [0.717, 1.165) is 15.9 Å². The first-order chi connectivity index (χ1) is 23.5. The van der Waals surface area contributed by atoms with Crippen molar-refractivity contribution in [2.24, 2.45) is 4.99 Å². The van der Waals surface area contributed by atoms with Crippen molar-refractivity contribution in [3.8, 4) is 17.6 Å². The predicted molar refractivity (Wildman–Crippen MR) is 181 cm³/mol. The van der Waals surface area contributed by atoms with Crippen molar-refractivity contribution < 1.29 is 32.2 Å². The van der Waals surface area contributed by atoms with Crippen LogP contribution in [0.3, 0.4) is 0 Å². The topological polar surface area (TPSA) is 103 Å². The van der Waals surface area contributed by atoms with E-state index in [4.69, 9.17) is 14.2 Å². The molecule has 13 heteroatoms. The molecule has 0 bridgehead atoms. The Morgan fingerprint density at radius 1 is 1.08 bits per heavy atom. The van der Waals surface area contributed by atoms with Gasteiger partial charge in [0.25, 0.3) is 5.56 Å². The Labute approximate surface area is 289 Å². The molecule has 0 N–H and O–H groups in total. The molecule has 1 atom stereocenters. The number of carbonyl (C=O) groups excluding carboxylic acids is 1. The van der Waals surface area contributed by atoms with Crippen LogP contribution in [-0.2, 0) is 16.1 Å². The zero-order valence-electron chi connectivity index (χ0n) is 25.9. The first kappa shape index (κ1) is 33.7. The number of alkyl halides is 3. The van der Waals surface area contributed by atoms with Gasteiger partial charge in [-0.2, -0.15) is 18.4 Å². The lowest BCUT2D eigenvalue weighted by Crippen LogP contribution is -2.41. The molecule has 5 aromatic rings. The number of rotatable bonds is 8. The maximum atomic E-state index is 14.7. The smallest absolute Gasteiger partial charge is 0.434 e. The second-order valence-corrected chi connectivity index (χ2v) is 12.6. The molecule has 248 valence electrons. The monoisotopic (exact) mass is 747 g/mol. The molecule has 6 rings (SSSR count). The Morgan fingerprint density at radius 2 is 1.82 bits per heavy atom. The summed E-state index contributed by atoms with van der Waals surface area (Å²) < 4.78 is 62.5. The molecule has 0 aliphatic carbocycles. The fourth-order valence-electron chi connectivity index (χ4n) is 5.64. The molecule has 0 saturated heterocycles. The maximum absolute atomic E-state index is 14.7. The molecule has 0 unspecified atom stereocenters. The SMILES string of the molecule is CCOC(=O)C1=C(C(F)(F)F)N=c2s/c(=C/c3ccc(OCc4ccccc4C#N)c(Br)c3)c(=O)n2[C@H]1c1c(OC)ccc2ccccc12. The molecule has 1 aliphatic rings. The lowest BCUT2D eigenvalue weighted by molar-refractivity contribution is -0.140. The summed E-state index contributed by atoms with van der Waals surface area (Å²) in [5.74, 6) is -0.589. The number of benzene rings is 4. The second kappa shape index (κ2) is 13.7. The van der Waals surface area contributed by atoms with Crippen LogP contribution >= 0.6 is 27.3 Å². The summed E-state index contributed by atoms with van der Waals surface area (Å²) in [5, 5.41) is 10.5. The molecule has 0 saturated carbocycles. The lowest BCUT2D eigenvalue weighted by atomic mass is 9.90. The molecule has 0 spiro atoms. The summed E-state index contributed by atoms with van der Waals surface area (Å²) in [5.41, 5.74) is -0.982. The zero-order chi connectivity index (χ0) is 34.9. The average Bonchev–Trinajstić information content (AvgIpc) is 3.40. The first-order valence-corrected chi connectivity index (χ1v) is 16.4. The summed E-state index contributed by atoms with van der Waals surface area (Å²) >= 11 is 4.25. The number of allylic oxidation sites excluding steroid dienone is 1. The molecule has 2 heterocycles. The third-order valence-electron chi connectivity index (χ3n) is 7.79. The van der Waals surface area contributed by atoms with E-state index in [1.165, 1.54) is 20.1 Å². The van der Waals surface area contributed by atoms with Crippen molar-refractivity contribution in [1.29, 1.82) is 5.26 Å². The fourth-order valence-corrected chi connectivity index (χ4v) is 7.15. The number of nitrogens with zero attached hydrogens (tertiary/aromatic N) is 3. The highest BCUT2D eigenvalue weighted by molar-refractivity contribution is 9.10. The molecule has 1 aliphatic heterocycles. The van der Waals surface area contributed by atoms with Crippen LogP contribution in [-0.4, -0.2) is 30.4 Å². The van der Waals surface area contributed by atoms with Crippen molar-refractivity contribution in [2.75, 3.05) is 13.7 Å². The largest absolute Gasteiger partial charge is 0.496 e. The summed E-state index contributed by atoms with van der Waals surface area (Å²) in [7, 11) is 1.36. The van der Waals surface area contributed by atoms with Crippen LogP contribution in [0.2, 0.25) is 0 Å². The molecule has 49 heavy (non-hydrogen) atoms. The van der Waals surface area contributed by atoms with E-state index < -0.39 is 35.0 Å². The molecule has 4 aromatic carbocycles. The fraction of sp³-hybridized carbons (Fsp3) is 0.167. The molecule has 0 amide bonds. The van der Waals surface area contributed by atoms with Gasteiger partial charge >= 0.3 is 12.1 Å². The minimum Gasteiger partial charge on any atom is -0.496 e. The van der Waals surface area contributed by atoms with E-state index in [1.54, 1.807) is 72.8 Å². The van der Waals surface area contributed by atoms with Crippen molar-refractivity contribution >= 4 is 50.1 Å². The highest BCUT2D eigenvalue weighted by Crippen LogP contribution is 2.43. The molecule has 8 nitrogen and oxygen atoms in total. The van der Waals surface area contributed by atoms with E-state index in [2.05, 4.69) is 27.0 Å². The number of nitriles is 1. The Kier molecular flexibility index (Phi) is 9.45. The highest BCUT2D eigenvalue weighted by Gasteiger charge is 2.46. The van der Waals surface area contributed by atoms with Crippen molar-refractivity contribution in [1.82, 2.24) is 4.57 Å². The van der Waals surface area contributed by atoms with Gasteiger partial charge < -0.3 is 14.2 Å². The minimum absolute atomic E-state index is 0.0816. The third-order valence-corrected chi connectivity index (χ3v) is 9.40. The minimum atomic E-state index is -5.05. The van der Waals surface area contributed by atoms with Gasteiger partial charge in [0, 0.05) is 11.1 Å². The zero-order valence-corrected chi connectivity index (χ0v) is 28.3. The predicted octanol–water partition coefficient (Wildman–Crippen LogP) is 6.72. The third kappa shape index (κ3) is 6.49. The van der Waals surface area contributed by atoms with E-state index in [0.29, 0.717) is 37.7 Å². The quantitative estimate of drug-likeness (QED) is 0.164. The van der Waals surface area contributed by atoms with E-state index in [-0.39, 0.29) is 33.9 Å². The van der Waals surface area contributed by atoms with Crippen LogP contribution in [0.4, 0.5) is 13.2 Å². The molecule has 0 fully saturated rings. The number of methoxy groups -OCH3 is 1. The van der Waals surface area contributed by atoms with Crippen LogP contribution < -0.4 is 24.4 Å². The van der Waals surface area contributed by atoms with Crippen LogP contribution in [0.5, 0.6) is 11.5 Å². The van der Waals surface area contributed by atoms with Gasteiger partial charge in [-0.1, -0.05) is 65.9 Å². The van der Waals surface area contributed by atoms with Crippen molar-refractivity contribution in [3.63, 3.8) is 0 Å². The standard InChI is InChI=1S/C36H25BrF3N3O5S/c1-3-47-34(45)30-31(29-24-11-7-6-8-21(24)13-15-27(29)46-2)43-33(44)28(49-35(43)42-32(30)36(38,39)40)17-20-12-14-26(25(37)16-20)48-19-23-10-5-4-9-22(23)18-41/h4-17,31H,3,19H2,1-2H3/b28-17+/t31-/m0/s1. The van der Waals surface area contributed by atoms with E-state index in [1.807, 2.05) is 6.07 Å².